The average Bonchev–Trinajstić information content (AvgIpc) is 3.84. The summed E-state index contributed by atoms with van der Waals surface area (Å²) in [6.45, 7) is 4.38. The molecule has 0 unspecified atom stereocenters. The molecule has 7 aliphatic rings. The monoisotopic (exact) mass is 830 g/mol. The summed E-state index contributed by atoms with van der Waals surface area (Å²) < 4.78 is 54.6. The van der Waals surface area contributed by atoms with Crippen molar-refractivity contribution in [3.63, 3.8) is 0 Å². The standard InChI is InChI=1S/C43H41F3N12O3/c1-22-48-33-14-24(45)12-29-32-4-2-5-37(50-32)49-25-15-35(41(59)53-10-3-11-61-28(20-53)21-54(22)38(29)33)56(18-25)39-30-17-47-58(34-9-6-23(44)13-31(34)46)40(30)52-43(51-39)57-27-16-36(57)42(60)55(19-27)26-7-8-26/h2,4-6,9,12-14,17,25-28,35-36H,3,7-8,10-11,15-16,18-21H2,1H3,(H,49,50)/t25-,27+,28+,35-,36-/m0/s1. The molecule has 1 N–H and O–H groups in total. The Labute approximate surface area is 347 Å². The molecule has 8 bridgehead atoms. The first-order chi connectivity index (χ1) is 29.6. The maximum absolute atomic E-state index is 15.5. The molecule has 2 amide bonds. The van der Waals surface area contributed by atoms with Crippen molar-refractivity contribution < 1.29 is 27.5 Å². The lowest BCUT2D eigenvalue weighted by atomic mass is 9.87. The van der Waals surface area contributed by atoms with Crippen LogP contribution in [0.4, 0.5) is 30.8 Å². The molecular weight excluding hydrogens is 790 g/mol. The number of rotatable bonds is 4. The van der Waals surface area contributed by atoms with Crippen molar-refractivity contribution in [3.8, 4) is 16.9 Å². The highest BCUT2D eigenvalue weighted by Crippen LogP contribution is 2.43. The van der Waals surface area contributed by atoms with E-state index in [1.165, 1.54) is 22.9 Å². The largest absolute Gasteiger partial charge is 0.374 e. The maximum atomic E-state index is 15.5. The fraction of sp³-hybridized carbons (Fsp3) is 0.419. The van der Waals surface area contributed by atoms with Crippen molar-refractivity contribution in [2.75, 3.05) is 47.9 Å². The van der Waals surface area contributed by atoms with Crippen molar-refractivity contribution in [3.05, 3.63) is 78.0 Å². The Morgan fingerprint density at radius 2 is 1.72 bits per heavy atom. The number of nitrogens with one attached hydrogen (secondary N) is 1. The molecule has 13 rings (SSSR count). The van der Waals surface area contributed by atoms with E-state index in [2.05, 4.69) is 10.4 Å². The van der Waals surface area contributed by atoms with Gasteiger partial charge in [0, 0.05) is 62.6 Å². The van der Waals surface area contributed by atoms with E-state index >= 15 is 13.6 Å². The van der Waals surface area contributed by atoms with Gasteiger partial charge in [-0.15, -0.1) is 0 Å². The van der Waals surface area contributed by atoms with Crippen molar-refractivity contribution in [1.82, 2.24) is 44.1 Å². The number of fused-ring (bicyclic) bond motifs is 10. The summed E-state index contributed by atoms with van der Waals surface area (Å²) in [6, 6.07) is 10.6. The zero-order valence-electron chi connectivity index (χ0n) is 33.2. The van der Waals surface area contributed by atoms with Crippen LogP contribution in [0.5, 0.6) is 0 Å². The summed E-state index contributed by atoms with van der Waals surface area (Å²) in [5.74, 6) is -0.0913. The first-order valence-electron chi connectivity index (χ1n) is 21.0. The van der Waals surface area contributed by atoms with E-state index in [0.717, 1.165) is 30.5 Å². The molecule has 0 spiro atoms. The van der Waals surface area contributed by atoms with Gasteiger partial charge in [0.15, 0.2) is 11.5 Å². The number of hydrogen-bond donors (Lipinski definition) is 1. The van der Waals surface area contributed by atoms with E-state index in [-0.39, 0.29) is 47.2 Å². The molecule has 312 valence electrons. The molecule has 1 aliphatic carbocycles. The summed E-state index contributed by atoms with van der Waals surface area (Å²) in [6.07, 6.45) is 4.85. The molecule has 5 saturated heterocycles. The molecule has 6 aliphatic heterocycles. The average molecular weight is 831 g/mol. The van der Waals surface area contributed by atoms with Crippen LogP contribution in [-0.4, -0.2) is 125 Å². The number of imidazole rings is 1. The van der Waals surface area contributed by atoms with Gasteiger partial charge in [-0.2, -0.15) is 15.1 Å². The topological polar surface area (TPSA) is 143 Å². The van der Waals surface area contributed by atoms with Crippen LogP contribution < -0.4 is 15.1 Å². The van der Waals surface area contributed by atoms with Gasteiger partial charge in [-0.05, 0) is 69.4 Å². The van der Waals surface area contributed by atoms with Crippen molar-refractivity contribution in [1.29, 1.82) is 0 Å². The second kappa shape index (κ2) is 13.6. The van der Waals surface area contributed by atoms with E-state index in [9.17, 15) is 9.18 Å². The minimum absolute atomic E-state index is 0.00440. The fourth-order valence-corrected chi connectivity index (χ4v) is 10.2. The van der Waals surface area contributed by atoms with E-state index in [0.29, 0.717) is 98.2 Å². The lowest BCUT2D eigenvalue weighted by molar-refractivity contribution is -0.140. The number of piperidine rings is 1. The molecule has 18 heteroatoms. The van der Waals surface area contributed by atoms with E-state index in [4.69, 9.17) is 24.7 Å². The van der Waals surface area contributed by atoms with Gasteiger partial charge in [0.1, 0.15) is 46.9 Å². The van der Waals surface area contributed by atoms with Crippen molar-refractivity contribution in [2.24, 2.45) is 0 Å². The van der Waals surface area contributed by atoms with Gasteiger partial charge in [0.25, 0.3) is 0 Å². The minimum atomic E-state index is -0.820. The lowest BCUT2D eigenvalue weighted by Crippen LogP contribution is -2.72. The second-order valence-electron chi connectivity index (χ2n) is 17.1. The Bertz CT molecular complexity index is 2810. The number of nitrogens with zero attached hydrogens (tertiary/aromatic N) is 11. The first-order valence-corrected chi connectivity index (χ1v) is 21.0. The molecule has 4 aromatic heterocycles. The summed E-state index contributed by atoms with van der Waals surface area (Å²) in [7, 11) is 0. The maximum Gasteiger partial charge on any atom is 0.245 e. The predicted molar refractivity (Wildman–Crippen MR) is 218 cm³/mol. The van der Waals surface area contributed by atoms with Crippen LogP contribution in [0.1, 0.15) is 37.9 Å². The van der Waals surface area contributed by atoms with Crippen LogP contribution in [0.25, 0.3) is 39.0 Å². The number of ether oxygens (including phenoxy) is 1. The Kier molecular flexibility index (Phi) is 8.15. The van der Waals surface area contributed by atoms with Crippen LogP contribution in [0.15, 0.2) is 54.7 Å². The molecule has 15 nitrogen and oxygen atoms in total. The molecule has 2 aromatic carbocycles. The van der Waals surface area contributed by atoms with Gasteiger partial charge >= 0.3 is 0 Å². The third-order valence-corrected chi connectivity index (χ3v) is 13.2. The highest BCUT2D eigenvalue weighted by molar-refractivity contribution is 5.96. The number of piperazine rings is 1. The molecule has 6 aromatic rings. The number of pyridine rings is 1. The Morgan fingerprint density at radius 1 is 0.836 bits per heavy atom. The van der Waals surface area contributed by atoms with Gasteiger partial charge < -0.3 is 34.2 Å². The number of anilines is 3. The number of carbonyl (C=O) groups is 2. The zero-order chi connectivity index (χ0) is 41.3. The quantitative estimate of drug-likeness (QED) is 0.267. The number of amides is 2. The molecule has 1 saturated carbocycles. The Balaban J connectivity index is 0.993. The van der Waals surface area contributed by atoms with E-state index in [1.807, 2.05) is 49.3 Å². The second-order valence-corrected chi connectivity index (χ2v) is 17.1. The SMILES string of the molecule is Cc1nc2cc(F)cc3c2n1C[C@H]1CN(CCCO1)C(=O)[C@@H]1C[C@@H](CN1c1nc(N2[C@@H]4C[C@H]2C(=O)N(C2CC2)C4)nc2c1cnn2-c1ccc(F)cc1F)Nc1cccc-3n1. The third kappa shape index (κ3) is 5.92. The highest BCUT2D eigenvalue weighted by atomic mass is 19.1. The molecule has 6 fully saturated rings. The minimum Gasteiger partial charge on any atom is -0.374 e. The van der Waals surface area contributed by atoms with Gasteiger partial charge in [-0.3, -0.25) is 9.59 Å². The number of hydrogen-bond acceptors (Lipinski definition) is 11. The molecule has 10 heterocycles. The number of aryl methyl sites for hydroxylation is 1. The van der Waals surface area contributed by atoms with Gasteiger partial charge in [-0.25, -0.2) is 27.8 Å². The van der Waals surface area contributed by atoms with Crippen LogP contribution in [0.2, 0.25) is 0 Å². The number of carbonyl (C=O) groups excluding carboxylic acids is 2. The zero-order valence-corrected chi connectivity index (χ0v) is 33.2. The van der Waals surface area contributed by atoms with Crippen LogP contribution in [-0.2, 0) is 20.9 Å². The fourth-order valence-electron chi connectivity index (χ4n) is 10.2. The normalized spacial score (nSPS) is 25.1. The highest BCUT2D eigenvalue weighted by Gasteiger charge is 2.55. The number of halogens is 3. The Hall–Kier alpha value is -6.30. The van der Waals surface area contributed by atoms with Gasteiger partial charge in [0.05, 0.1) is 47.0 Å². The first kappa shape index (κ1) is 36.5. The van der Waals surface area contributed by atoms with Crippen LogP contribution in [0, 0.1) is 24.4 Å². The molecular formula is C43H41F3N12O3. The number of benzene rings is 2. The summed E-state index contributed by atoms with van der Waals surface area (Å²) in [5, 5.41) is 8.62. The van der Waals surface area contributed by atoms with E-state index < -0.39 is 35.6 Å². The van der Waals surface area contributed by atoms with Crippen molar-refractivity contribution >= 4 is 51.5 Å². The summed E-state index contributed by atoms with van der Waals surface area (Å²) in [5.41, 5.74) is 2.68. The van der Waals surface area contributed by atoms with E-state index in [1.54, 1.807) is 6.20 Å². The molecule has 5 atom stereocenters. The number of aromatic nitrogens is 7. The summed E-state index contributed by atoms with van der Waals surface area (Å²) in [4.78, 5) is 56.6. The third-order valence-electron chi connectivity index (χ3n) is 13.2. The van der Waals surface area contributed by atoms with Gasteiger partial charge in [0.2, 0.25) is 17.8 Å². The molecule has 61 heavy (non-hydrogen) atoms. The predicted octanol–water partition coefficient (Wildman–Crippen LogP) is 4.60. The van der Waals surface area contributed by atoms with Crippen LogP contribution >= 0.6 is 0 Å². The lowest BCUT2D eigenvalue weighted by Gasteiger charge is -2.55. The smallest absolute Gasteiger partial charge is 0.245 e. The molecule has 0 radical (unpaired) electrons. The van der Waals surface area contributed by atoms with Gasteiger partial charge in [-0.1, -0.05) is 6.07 Å². The Morgan fingerprint density at radius 3 is 2.56 bits per heavy atom. The van der Waals surface area contributed by atoms with Crippen LogP contribution in [0.3, 0.4) is 0 Å². The van der Waals surface area contributed by atoms with Crippen molar-refractivity contribution in [2.45, 2.75) is 81.9 Å². The summed E-state index contributed by atoms with van der Waals surface area (Å²) >= 11 is 0.